The van der Waals surface area contributed by atoms with Crippen molar-refractivity contribution >= 4 is 35.2 Å². The van der Waals surface area contributed by atoms with Crippen LogP contribution in [0.15, 0.2) is 40.3 Å². The zero-order chi connectivity index (χ0) is 23.4. The van der Waals surface area contributed by atoms with Gasteiger partial charge in [-0.25, -0.2) is 4.99 Å². The predicted molar refractivity (Wildman–Crippen MR) is 123 cm³/mol. The Bertz CT molecular complexity index is 1150. The van der Waals surface area contributed by atoms with Gasteiger partial charge in [-0.1, -0.05) is 24.6 Å². The Balaban J connectivity index is 1.41. The van der Waals surface area contributed by atoms with E-state index in [9.17, 15) is 14.4 Å². The molecule has 0 radical (unpaired) electrons. The van der Waals surface area contributed by atoms with Gasteiger partial charge in [-0.05, 0) is 44.2 Å². The molecule has 1 saturated carbocycles. The van der Waals surface area contributed by atoms with Crippen molar-refractivity contribution in [3.63, 3.8) is 0 Å². The van der Waals surface area contributed by atoms with Gasteiger partial charge in [0.1, 0.15) is 11.6 Å². The zero-order valence-corrected chi connectivity index (χ0v) is 18.6. The Hall–Kier alpha value is -3.82. The Morgan fingerprint density at radius 3 is 2.82 bits per heavy atom. The van der Waals surface area contributed by atoms with Crippen LogP contribution in [-0.2, 0) is 20.8 Å². The van der Waals surface area contributed by atoms with Crippen LogP contribution in [0.3, 0.4) is 0 Å². The predicted octanol–water partition coefficient (Wildman–Crippen LogP) is 1.87. The van der Waals surface area contributed by atoms with Crippen LogP contribution in [-0.4, -0.2) is 52.8 Å². The monoisotopic (exact) mass is 450 g/mol. The summed E-state index contributed by atoms with van der Waals surface area (Å²) in [5, 5.41) is 9.46. The second kappa shape index (κ2) is 9.76. The lowest BCUT2D eigenvalue weighted by atomic mass is 9.86. The summed E-state index contributed by atoms with van der Waals surface area (Å²) < 4.78 is 6.59. The fourth-order valence-corrected chi connectivity index (χ4v) is 4.03. The molecule has 2 aliphatic rings. The molecule has 2 N–H and O–H groups in total. The van der Waals surface area contributed by atoms with Crippen LogP contribution in [0.25, 0.3) is 0 Å². The lowest BCUT2D eigenvalue weighted by Gasteiger charge is -2.24. The zero-order valence-electron chi connectivity index (χ0n) is 18.6. The minimum absolute atomic E-state index is 0.105. The van der Waals surface area contributed by atoms with Crippen LogP contribution in [0.1, 0.15) is 36.9 Å². The molecule has 3 amide bonds. The molecular weight excluding hydrogens is 424 g/mol. The summed E-state index contributed by atoms with van der Waals surface area (Å²) in [4.78, 5) is 45.9. The maximum Gasteiger partial charge on any atom is 0.314 e. The first-order chi connectivity index (χ1) is 16.0. The highest BCUT2D eigenvalue weighted by Crippen LogP contribution is 2.26. The number of aliphatic imine (C=N–C) groups is 2. The van der Waals surface area contributed by atoms with Crippen LogP contribution in [0, 0.1) is 12.8 Å². The fourth-order valence-electron chi connectivity index (χ4n) is 4.03. The lowest BCUT2D eigenvalue weighted by Crippen LogP contribution is -2.38. The number of anilines is 1. The first kappa shape index (κ1) is 22.4. The summed E-state index contributed by atoms with van der Waals surface area (Å²) in [6.07, 6.45) is 3.97. The number of benzene rings is 1. The van der Waals surface area contributed by atoms with E-state index in [2.05, 4.69) is 25.7 Å². The number of rotatable bonds is 5. The number of carbonyl (C=O) groups excluding carboxylic acids is 3. The van der Waals surface area contributed by atoms with E-state index < -0.39 is 11.8 Å². The Morgan fingerprint density at radius 2 is 2.00 bits per heavy atom. The van der Waals surface area contributed by atoms with Gasteiger partial charge in [0.25, 0.3) is 11.9 Å². The van der Waals surface area contributed by atoms with Gasteiger partial charge in [-0.15, -0.1) is 0 Å². The number of carbonyl (C=O) groups is 3. The summed E-state index contributed by atoms with van der Waals surface area (Å²) in [5.41, 5.74) is 2.31. The quantitative estimate of drug-likeness (QED) is 0.673. The standard InChI is InChI=1S/C23H26N6O4/c1-14-13-19(29(28-14)23-25-17-9-5-4-8-16(17)20(30)27-23)26-22(32)21(31)24-12-11-15-7-3-6-10-18(15)33-2/h3,6-7,10,13,16H,4-5,8-9,11-12H2,1-2H3,(H,24,31)(H,26,32). The number of para-hydroxylation sites is 1. The molecule has 1 unspecified atom stereocenters. The van der Waals surface area contributed by atoms with Gasteiger partial charge in [0, 0.05) is 18.3 Å². The second-order valence-corrected chi connectivity index (χ2v) is 8.01. The van der Waals surface area contributed by atoms with Crippen molar-refractivity contribution in [2.75, 3.05) is 19.0 Å². The number of aryl methyl sites for hydroxylation is 1. The number of hydrogen-bond donors (Lipinski definition) is 2. The Kier molecular flexibility index (Phi) is 6.62. The highest BCUT2D eigenvalue weighted by molar-refractivity contribution is 6.39. The molecule has 2 aromatic rings. The third kappa shape index (κ3) is 5.00. The van der Waals surface area contributed by atoms with E-state index in [1.165, 1.54) is 4.68 Å². The van der Waals surface area contributed by atoms with Crippen LogP contribution >= 0.6 is 0 Å². The summed E-state index contributed by atoms with van der Waals surface area (Å²) in [7, 11) is 1.58. The van der Waals surface area contributed by atoms with Gasteiger partial charge >= 0.3 is 11.8 Å². The highest BCUT2D eigenvalue weighted by atomic mass is 16.5. The Morgan fingerprint density at radius 1 is 1.18 bits per heavy atom. The van der Waals surface area contributed by atoms with Gasteiger partial charge in [-0.3, -0.25) is 14.4 Å². The number of methoxy groups -OCH3 is 1. The van der Waals surface area contributed by atoms with Gasteiger partial charge in [0.05, 0.1) is 18.7 Å². The molecule has 4 rings (SSSR count). The summed E-state index contributed by atoms with van der Waals surface area (Å²) in [6, 6.07) is 9.08. The van der Waals surface area contributed by atoms with E-state index in [0.717, 1.165) is 42.7 Å². The number of ether oxygens (including phenoxy) is 1. The molecule has 0 spiro atoms. The molecule has 1 aromatic heterocycles. The lowest BCUT2D eigenvalue weighted by molar-refractivity contribution is -0.136. The summed E-state index contributed by atoms with van der Waals surface area (Å²) >= 11 is 0. The van der Waals surface area contributed by atoms with Crippen LogP contribution in [0.5, 0.6) is 5.75 Å². The topological polar surface area (TPSA) is 127 Å². The molecule has 2 heterocycles. The van der Waals surface area contributed by atoms with Gasteiger partial charge in [-0.2, -0.15) is 14.8 Å². The molecule has 10 heteroatoms. The van der Waals surface area contributed by atoms with Crippen molar-refractivity contribution in [2.45, 2.75) is 39.0 Å². The number of fused-ring (bicyclic) bond motifs is 1. The highest BCUT2D eigenvalue weighted by Gasteiger charge is 2.32. The maximum absolute atomic E-state index is 12.5. The summed E-state index contributed by atoms with van der Waals surface area (Å²) in [6.45, 7) is 2.00. The van der Waals surface area contributed by atoms with E-state index >= 15 is 0 Å². The largest absolute Gasteiger partial charge is 0.496 e. The smallest absolute Gasteiger partial charge is 0.314 e. The molecule has 1 atom stereocenters. The molecule has 172 valence electrons. The number of amides is 3. The molecule has 0 saturated heterocycles. The van der Waals surface area contributed by atoms with Crippen molar-refractivity contribution in [2.24, 2.45) is 15.9 Å². The van der Waals surface area contributed by atoms with Crippen molar-refractivity contribution in [3.8, 4) is 5.75 Å². The first-order valence-electron chi connectivity index (χ1n) is 10.9. The van der Waals surface area contributed by atoms with Crippen molar-refractivity contribution in [1.82, 2.24) is 15.1 Å². The van der Waals surface area contributed by atoms with Crippen LogP contribution in [0.2, 0.25) is 0 Å². The first-order valence-corrected chi connectivity index (χ1v) is 10.9. The van der Waals surface area contributed by atoms with E-state index in [4.69, 9.17) is 4.74 Å². The molecule has 0 bridgehead atoms. The maximum atomic E-state index is 12.5. The minimum Gasteiger partial charge on any atom is -0.496 e. The van der Waals surface area contributed by atoms with Gasteiger partial charge in [0.15, 0.2) is 0 Å². The number of nitrogens with one attached hydrogen (secondary N) is 2. The van der Waals surface area contributed by atoms with Crippen molar-refractivity contribution in [1.29, 1.82) is 0 Å². The van der Waals surface area contributed by atoms with E-state index in [0.29, 0.717) is 12.1 Å². The van der Waals surface area contributed by atoms with Crippen LogP contribution < -0.4 is 15.4 Å². The number of hydrogen-bond acceptors (Lipinski definition) is 6. The molecule has 1 aromatic carbocycles. The molecule has 1 fully saturated rings. The van der Waals surface area contributed by atoms with Crippen molar-refractivity contribution in [3.05, 3.63) is 41.6 Å². The van der Waals surface area contributed by atoms with E-state index in [1.807, 2.05) is 24.3 Å². The summed E-state index contributed by atoms with van der Waals surface area (Å²) in [5.74, 6) is -1.07. The third-order valence-corrected chi connectivity index (χ3v) is 5.67. The van der Waals surface area contributed by atoms with E-state index in [1.54, 1.807) is 20.1 Å². The van der Waals surface area contributed by atoms with Gasteiger partial charge in [0.2, 0.25) is 0 Å². The van der Waals surface area contributed by atoms with Gasteiger partial charge < -0.3 is 15.4 Å². The van der Waals surface area contributed by atoms with Crippen molar-refractivity contribution < 1.29 is 19.1 Å². The SMILES string of the molecule is COc1ccccc1CCNC(=O)C(=O)Nc1cc(C)nn1C1=NC(=O)C2CCCCC2=N1. The third-order valence-electron chi connectivity index (χ3n) is 5.67. The fraction of sp³-hybridized carbons (Fsp3) is 0.391. The molecule has 33 heavy (non-hydrogen) atoms. The number of aromatic nitrogens is 2. The van der Waals surface area contributed by atoms with E-state index in [-0.39, 0.29) is 30.1 Å². The molecular formula is C23H26N6O4. The number of nitrogens with zero attached hydrogens (tertiary/aromatic N) is 4. The van der Waals surface area contributed by atoms with Crippen LogP contribution in [0.4, 0.5) is 5.82 Å². The molecule has 1 aliphatic carbocycles. The Labute approximate surface area is 191 Å². The molecule has 10 nitrogen and oxygen atoms in total. The minimum atomic E-state index is -0.845. The average molecular weight is 450 g/mol. The average Bonchev–Trinajstić information content (AvgIpc) is 3.19. The molecule has 1 aliphatic heterocycles. The second-order valence-electron chi connectivity index (χ2n) is 8.01. The normalized spacial score (nSPS) is 17.5.